The van der Waals surface area contributed by atoms with Gasteiger partial charge in [-0.15, -0.1) is 0 Å². The maximum Gasteiger partial charge on any atom is 0.350 e. The van der Waals surface area contributed by atoms with E-state index in [9.17, 15) is 4.79 Å². The van der Waals surface area contributed by atoms with Gasteiger partial charge in [-0.1, -0.05) is 67.6 Å². The van der Waals surface area contributed by atoms with Gasteiger partial charge in [0.15, 0.2) is 0 Å². The standard InChI is InChI=1S/C29H33NO3/c1-5-29(4,28(31)32-6-2)33-27-18-16-26(17-19-27)30-21-20-22(3)23-12-14-25(15-13-23)24-10-8-7-9-11-24/h7-20,30H,5-6,21H2,1-4H3/b22-20+/t29-/m0/s1. The number of hydrogen-bond acceptors (Lipinski definition) is 4. The summed E-state index contributed by atoms with van der Waals surface area (Å²) in [5, 5.41) is 3.41. The number of esters is 1. The zero-order valence-electron chi connectivity index (χ0n) is 19.9. The van der Waals surface area contributed by atoms with Crippen LogP contribution in [0.3, 0.4) is 0 Å². The first kappa shape index (κ1) is 24.1. The highest BCUT2D eigenvalue weighted by Crippen LogP contribution is 2.25. The van der Waals surface area contributed by atoms with Gasteiger partial charge >= 0.3 is 5.97 Å². The van der Waals surface area contributed by atoms with Crippen molar-refractivity contribution in [2.75, 3.05) is 18.5 Å². The van der Waals surface area contributed by atoms with Crippen molar-refractivity contribution in [3.63, 3.8) is 0 Å². The summed E-state index contributed by atoms with van der Waals surface area (Å²) in [6.07, 6.45) is 2.71. The van der Waals surface area contributed by atoms with Gasteiger partial charge in [0.25, 0.3) is 0 Å². The number of carbonyl (C=O) groups excluding carboxylic acids is 1. The molecule has 0 spiro atoms. The van der Waals surface area contributed by atoms with Gasteiger partial charge in [0.1, 0.15) is 5.75 Å². The smallest absolute Gasteiger partial charge is 0.350 e. The van der Waals surface area contributed by atoms with E-state index >= 15 is 0 Å². The Morgan fingerprint density at radius 2 is 1.55 bits per heavy atom. The van der Waals surface area contributed by atoms with E-state index in [1.807, 2.05) is 37.3 Å². The fourth-order valence-electron chi connectivity index (χ4n) is 3.44. The van der Waals surface area contributed by atoms with E-state index in [0.29, 0.717) is 25.3 Å². The Kier molecular flexibility index (Phi) is 8.31. The summed E-state index contributed by atoms with van der Waals surface area (Å²) in [5.74, 6) is 0.301. The van der Waals surface area contributed by atoms with Crippen LogP contribution in [0.1, 0.15) is 39.7 Å². The number of carbonyl (C=O) groups is 1. The molecule has 1 atom stereocenters. The number of allylic oxidation sites excluding steroid dienone is 1. The Hall–Kier alpha value is -3.53. The molecule has 1 N–H and O–H groups in total. The molecule has 0 radical (unpaired) electrons. The Balaban J connectivity index is 1.56. The lowest BCUT2D eigenvalue weighted by atomic mass is 10.0. The van der Waals surface area contributed by atoms with E-state index in [4.69, 9.17) is 9.47 Å². The quantitative estimate of drug-likeness (QED) is 0.343. The van der Waals surface area contributed by atoms with Gasteiger partial charge < -0.3 is 14.8 Å². The number of ether oxygens (including phenoxy) is 2. The van der Waals surface area contributed by atoms with Gasteiger partial charge in [-0.25, -0.2) is 4.79 Å². The fraction of sp³-hybridized carbons (Fsp3) is 0.276. The SMILES string of the molecule is CCOC(=O)[C@](C)(CC)Oc1ccc(NC/C=C(\C)c2ccc(-c3ccccc3)cc2)cc1. The number of benzene rings is 3. The van der Waals surface area contributed by atoms with Crippen LogP contribution < -0.4 is 10.1 Å². The van der Waals surface area contributed by atoms with Crippen molar-refractivity contribution in [1.82, 2.24) is 0 Å². The minimum atomic E-state index is -0.985. The Morgan fingerprint density at radius 3 is 2.15 bits per heavy atom. The van der Waals surface area contributed by atoms with Crippen molar-refractivity contribution in [3.8, 4) is 16.9 Å². The lowest BCUT2D eigenvalue weighted by molar-refractivity contribution is -0.160. The first-order chi connectivity index (χ1) is 15.9. The third kappa shape index (κ3) is 6.48. The molecule has 33 heavy (non-hydrogen) atoms. The molecule has 3 aromatic carbocycles. The minimum absolute atomic E-state index is 0.338. The molecular formula is C29H33NO3. The summed E-state index contributed by atoms with van der Waals surface area (Å²) in [6.45, 7) is 8.64. The van der Waals surface area contributed by atoms with Gasteiger partial charge in [0, 0.05) is 12.2 Å². The van der Waals surface area contributed by atoms with Crippen LogP contribution >= 0.6 is 0 Å². The van der Waals surface area contributed by atoms with Crippen molar-refractivity contribution in [2.24, 2.45) is 0 Å². The molecule has 3 aromatic rings. The second kappa shape index (κ2) is 11.4. The number of rotatable bonds is 10. The van der Waals surface area contributed by atoms with E-state index in [-0.39, 0.29) is 5.97 Å². The second-order valence-corrected chi connectivity index (χ2v) is 8.14. The van der Waals surface area contributed by atoms with Crippen molar-refractivity contribution in [3.05, 3.63) is 90.5 Å². The van der Waals surface area contributed by atoms with E-state index in [1.54, 1.807) is 13.8 Å². The van der Waals surface area contributed by atoms with Gasteiger partial charge in [0.05, 0.1) is 6.61 Å². The van der Waals surface area contributed by atoms with Gasteiger partial charge in [-0.05, 0) is 73.7 Å². The summed E-state index contributed by atoms with van der Waals surface area (Å²) < 4.78 is 11.1. The summed E-state index contributed by atoms with van der Waals surface area (Å²) in [6, 6.07) is 26.7. The highest BCUT2D eigenvalue weighted by atomic mass is 16.6. The molecule has 4 heteroatoms. The minimum Gasteiger partial charge on any atom is -0.476 e. The monoisotopic (exact) mass is 443 g/mol. The molecule has 0 aliphatic rings. The van der Waals surface area contributed by atoms with E-state index in [0.717, 1.165) is 5.69 Å². The first-order valence-corrected chi connectivity index (χ1v) is 11.5. The lowest BCUT2D eigenvalue weighted by Crippen LogP contribution is -2.42. The second-order valence-electron chi connectivity index (χ2n) is 8.14. The van der Waals surface area contributed by atoms with Crippen LogP contribution in [0.25, 0.3) is 16.7 Å². The maximum atomic E-state index is 12.2. The topological polar surface area (TPSA) is 47.6 Å². The van der Waals surface area contributed by atoms with Crippen LogP contribution in [-0.2, 0) is 9.53 Å². The van der Waals surface area contributed by atoms with Crippen LogP contribution in [0.4, 0.5) is 5.69 Å². The lowest BCUT2D eigenvalue weighted by Gasteiger charge is -2.27. The molecule has 0 saturated carbocycles. The highest BCUT2D eigenvalue weighted by molar-refractivity contribution is 5.79. The number of anilines is 1. The molecule has 172 valence electrons. The fourth-order valence-corrected chi connectivity index (χ4v) is 3.44. The molecule has 3 rings (SSSR count). The molecular weight excluding hydrogens is 410 g/mol. The maximum absolute atomic E-state index is 12.2. The molecule has 0 fully saturated rings. The normalized spacial score (nSPS) is 13.2. The molecule has 0 saturated heterocycles. The molecule has 0 aromatic heterocycles. The van der Waals surface area contributed by atoms with Crippen molar-refractivity contribution >= 4 is 17.2 Å². The molecule has 0 unspecified atom stereocenters. The van der Waals surface area contributed by atoms with E-state index in [2.05, 4.69) is 66.8 Å². The molecule has 0 aliphatic heterocycles. The molecule has 0 amide bonds. The average molecular weight is 444 g/mol. The van der Waals surface area contributed by atoms with Crippen LogP contribution in [0, 0.1) is 0 Å². The summed E-state index contributed by atoms with van der Waals surface area (Å²) in [4.78, 5) is 12.2. The third-order valence-corrected chi connectivity index (χ3v) is 5.74. The Morgan fingerprint density at radius 1 is 0.909 bits per heavy atom. The first-order valence-electron chi connectivity index (χ1n) is 11.5. The van der Waals surface area contributed by atoms with Crippen LogP contribution in [-0.4, -0.2) is 24.7 Å². The highest BCUT2D eigenvalue weighted by Gasteiger charge is 2.35. The zero-order valence-corrected chi connectivity index (χ0v) is 19.9. The van der Waals surface area contributed by atoms with Crippen LogP contribution in [0.15, 0.2) is 84.9 Å². The van der Waals surface area contributed by atoms with Crippen molar-refractivity contribution in [2.45, 2.75) is 39.7 Å². The van der Waals surface area contributed by atoms with Crippen molar-refractivity contribution in [1.29, 1.82) is 0 Å². The third-order valence-electron chi connectivity index (χ3n) is 5.74. The average Bonchev–Trinajstić information content (AvgIpc) is 2.85. The summed E-state index contributed by atoms with van der Waals surface area (Å²) in [5.41, 5.74) is 4.87. The zero-order chi connectivity index (χ0) is 23.7. The molecule has 0 bridgehead atoms. The summed E-state index contributed by atoms with van der Waals surface area (Å²) >= 11 is 0. The summed E-state index contributed by atoms with van der Waals surface area (Å²) in [7, 11) is 0. The van der Waals surface area contributed by atoms with E-state index < -0.39 is 5.60 Å². The predicted molar refractivity (Wildman–Crippen MR) is 136 cm³/mol. The molecule has 0 heterocycles. The van der Waals surface area contributed by atoms with E-state index in [1.165, 1.54) is 22.3 Å². The Bertz CT molecular complexity index is 1060. The largest absolute Gasteiger partial charge is 0.476 e. The van der Waals surface area contributed by atoms with Crippen molar-refractivity contribution < 1.29 is 14.3 Å². The van der Waals surface area contributed by atoms with Crippen LogP contribution in [0.2, 0.25) is 0 Å². The van der Waals surface area contributed by atoms with Gasteiger partial charge in [0.2, 0.25) is 5.60 Å². The molecule has 4 nitrogen and oxygen atoms in total. The van der Waals surface area contributed by atoms with Crippen LogP contribution in [0.5, 0.6) is 5.75 Å². The predicted octanol–water partition coefficient (Wildman–Crippen LogP) is 6.98. The number of hydrogen-bond donors (Lipinski definition) is 1. The number of nitrogens with one attached hydrogen (secondary N) is 1. The molecule has 0 aliphatic carbocycles. The van der Waals surface area contributed by atoms with Gasteiger partial charge in [-0.2, -0.15) is 0 Å². The van der Waals surface area contributed by atoms with Gasteiger partial charge in [-0.3, -0.25) is 0 Å². The Labute approximate surface area is 197 Å².